The van der Waals surface area contributed by atoms with E-state index >= 15 is 0 Å². The smallest absolute Gasteiger partial charge is 0.410 e. The molecule has 3 aromatic rings. The van der Waals surface area contributed by atoms with Crippen molar-refractivity contribution < 1.29 is 24.1 Å². The number of methoxy groups -OCH3 is 1. The van der Waals surface area contributed by atoms with Gasteiger partial charge in [-0.1, -0.05) is 60.2 Å². The Morgan fingerprint density at radius 1 is 1.00 bits per heavy atom. The third-order valence-electron chi connectivity index (χ3n) is 7.96. The lowest BCUT2D eigenvalue weighted by Crippen LogP contribution is -2.62. The maximum atomic E-state index is 13.5. The Morgan fingerprint density at radius 2 is 1.61 bits per heavy atom. The zero-order valence-electron chi connectivity index (χ0n) is 20.6. The lowest BCUT2D eigenvalue weighted by molar-refractivity contribution is -0.137. The Balaban J connectivity index is 1.22. The van der Waals surface area contributed by atoms with E-state index in [1.807, 2.05) is 49.4 Å². The molecule has 2 bridgehead atoms. The molecule has 0 spiro atoms. The topological polar surface area (TPSA) is 68.2 Å². The highest BCUT2D eigenvalue weighted by molar-refractivity contribution is 5.79. The maximum Gasteiger partial charge on any atom is 0.410 e. The van der Waals surface area contributed by atoms with Crippen molar-refractivity contribution in [2.45, 2.75) is 43.4 Å². The van der Waals surface area contributed by atoms with E-state index in [0.717, 1.165) is 11.1 Å². The van der Waals surface area contributed by atoms with E-state index in [1.54, 1.807) is 12.0 Å². The zero-order chi connectivity index (χ0) is 24.9. The Hall–Kier alpha value is -3.35. The van der Waals surface area contributed by atoms with Gasteiger partial charge < -0.3 is 19.3 Å². The summed E-state index contributed by atoms with van der Waals surface area (Å²) in [4.78, 5) is 15.3. The van der Waals surface area contributed by atoms with Gasteiger partial charge >= 0.3 is 6.09 Å². The van der Waals surface area contributed by atoms with Gasteiger partial charge in [0.15, 0.2) is 0 Å². The van der Waals surface area contributed by atoms with Crippen molar-refractivity contribution in [1.82, 2.24) is 4.90 Å². The van der Waals surface area contributed by atoms with Crippen LogP contribution < -0.4 is 4.74 Å². The Bertz CT molecular complexity index is 1240. The Morgan fingerprint density at radius 3 is 2.22 bits per heavy atom. The van der Waals surface area contributed by atoms with E-state index in [1.165, 1.54) is 22.3 Å². The number of amides is 1. The zero-order valence-corrected chi connectivity index (χ0v) is 20.6. The molecule has 3 aliphatic rings. The molecule has 0 radical (unpaired) electrons. The van der Waals surface area contributed by atoms with Crippen molar-refractivity contribution in [3.63, 3.8) is 0 Å². The summed E-state index contributed by atoms with van der Waals surface area (Å²) >= 11 is 0. The first-order valence-electron chi connectivity index (χ1n) is 12.6. The molecule has 2 saturated heterocycles. The monoisotopic (exact) mass is 485 g/mol. The number of carbonyl (C=O) groups is 1. The molecule has 1 N–H and O–H groups in total. The molecule has 36 heavy (non-hydrogen) atoms. The predicted octanol–water partition coefficient (Wildman–Crippen LogP) is 5.00. The molecule has 6 nitrogen and oxygen atoms in total. The number of morpholine rings is 1. The van der Waals surface area contributed by atoms with Crippen LogP contribution in [0.15, 0.2) is 66.7 Å². The molecular formula is C30H31NO5. The van der Waals surface area contributed by atoms with E-state index < -0.39 is 5.60 Å². The number of hydrogen-bond donors (Lipinski definition) is 1. The van der Waals surface area contributed by atoms with Crippen molar-refractivity contribution >= 4 is 6.09 Å². The number of carbonyl (C=O) groups excluding carboxylic acids is 1. The van der Waals surface area contributed by atoms with Gasteiger partial charge in [0, 0.05) is 24.3 Å². The van der Waals surface area contributed by atoms with Gasteiger partial charge in [0.05, 0.1) is 38.0 Å². The van der Waals surface area contributed by atoms with Crippen LogP contribution in [0.3, 0.4) is 0 Å². The molecule has 1 aliphatic carbocycles. The van der Waals surface area contributed by atoms with Crippen molar-refractivity contribution in [2.24, 2.45) is 0 Å². The van der Waals surface area contributed by atoms with E-state index in [4.69, 9.17) is 14.2 Å². The van der Waals surface area contributed by atoms with Gasteiger partial charge in [0.2, 0.25) is 0 Å². The summed E-state index contributed by atoms with van der Waals surface area (Å²) < 4.78 is 17.4. The van der Waals surface area contributed by atoms with Crippen molar-refractivity contribution in [2.75, 3.05) is 26.9 Å². The SMILES string of the molecule is COc1ccc(C)cc1C1(O)CC2COCC(C1)N2C(=O)OCC1c2ccccc2-c2ccccc21. The summed E-state index contributed by atoms with van der Waals surface area (Å²) in [7, 11) is 1.62. The summed E-state index contributed by atoms with van der Waals surface area (Å²) in [6.07, 6.45) is 0.398. The summed E-state index contributed by atoms with van der Waals surface area (Å²) in [6.45, 7) is 3.02. The van der Waals surface area contributed by atoms with Crippen LogP contribution in [-0.4, -0.2) is 55.1 Å². The number of aryl methyl sites for hydroxylation is 1. The third kappa shape index (κ3) is 3.76. The number of nitrogens with zero attached hydrogens (tertiary/aromatic N) is 1. The van der Waals surface area contributed by atoms with Gasteiger partial charge in [-0.15, -0.1) is 0 Å². The van der Waals surface area contributed by atoms with Crippen LogP contribution in [0.4, 0.5) is 4.79 Å². The van der Waals surface area contributed by atoms with Crippen LogP contribution in [0.5, 0.6) is 5.75 Å². The van der Waals surface area contributed by atoms with Gasteiger partial charge in [-0.3, -0.25) is 4.90 Å². The average Bonchev–Trinajstić information content (AvgIpc) is 3.20. The normalized spacial score (nSPS) is 24.7. The molecule has 2 unspecified atom stereocenters. The molecule has 0 aromatic heterocycles. The molecule has 6 rings (SSSR count). The lowest BCUT2D eigenvalue weighted by Gasteiger charge is -2.51. The molecule has 2 aliphatic heterocycles. The molecule has 0 saturated carbocycles. The number of fused-ring (bicyclic) bond motifs is 5. The highest BCUT2D eigenvalue weighted by atomic mass is 16.6. The second-order valence-corrected chi connectivity index (χ2v) is 10.2. The first kappa shape index (κ1) is 23.1. The van der Waals surface area contributed by atoms with Crippen LogP contribution in [0.2, 0.25) is 0 Å². The largest absolute Gasteiger partial charge is 0.496 e. The van der Waals surface area contributed by atoms with Crippen LogP contribution in [0.25, 0.3) is 11.1 Å². The van der Waals surface area contributed by atoms with Gasteiger partial charge in [0.25, 0.3) is 0 Å². The molecular weight excluding hydrogens is 454 g/mol. The van der Waals surface area contributed by atoms with E-state index in [9.17, 15) is 9.90 Å². The summed E-state index contributed by atoms with van der Waals surface area (Å²) in [5, 5.41) is 11.8. The summed E-state index contributed by atoms with van der Waals surface area (Å²) in [6, 6.07) is 22.0. The highest BCUT2D eigenvalue weighted by Crippen LogP contribution is 2.46. The fraction of sp³-hybridized carbons (Fsp3) is 0.367. The third-order valence-corrected chi connectivity index (χ3v) is 7.96. The number of aliphatic hydroxyl groups is 1. The summed E-state index contributed by atoms with van der Waals surface area (Å²) in [5.74, 6) is 0.674. The Kier molecular flexibility index (Phi) is 5.73. The molecule has 6 heteroatoms. The van der Waals surface area contributed by atoms with Crippen LogP contribution in [-0.2, 0) is 15.1 Å². The minimum atomic E-state index is -1.10. The predicted molar refractivity (Wildman–Crippen MR) is 136 cm³/mol. The number of benzene rings is 3. The molecule has 186 valence electrons. The van der Waals surface area contributed by atoms with Crippen LogP contribution in [0.1, 0.15) is 41.0 Å². The van der Waals surface area contributed by atoms with Gasteiger partial charge in [0.1, 0.15) is 12.4 Å². The minimum Gasteiger partial charge on any atom is -0.496 e. The van der Waals surface area contributed by atoms with Gasteiger partial charge in [-0.05, 0) is 41.3 Å². The average molecular weight is 486 g/mol. The van der Waals surface area contributed by atoms with E-state index in [0.29, 0.717) is 31.8 Å². The number of hydrogen-bond acceptors (Lipinski definition) is 5. The van der Waals surface area contributed by atoms with E-state index in [-0.39, 0.29) is 30.7 Å². The van der Waals surface area contributed by atoms with Gasteiger partial charge in [-0.25, -0.2) is 4.79 Å². The standard InChI is InChI=1S/C30H31NO5/c1-19-11-12-28(34-2)27(13-19)30(33)14-20-16-35-17-21(15-30)31(20)29(32)36-18-26-24-9-5-3-7-22(24)23-8-4-6-10-25(23)26/h3-13,20-21,26,33H,14-18H2,1-2H3. The minimum absolute atomic E-state index is 0.00992. The second-order valence-electron chi connectivity index (χ2n) is 10.2. The number of ether oxygens (including phenoxy) is 3. The molecule has 2 heterocycles. The molecule has 3 aromatic carbocycles. The molecule has 2 fully saturated rings. The van der Waals surface area contributed by atoms with Crippen molar-refractivity contribution in [3.8, 4) is 16.9 Å². The quantitative estimate of drug-likeness (QED) is 0.563. The van der Waals surface area contributed by atoms with Crippen LogP contribution >= 0.6 is 0 Å². The van der Waals surface area contributed by atoms with E-state index in [2.05, 4.69) is 24.3 Å². The summed E-state index contributed by atoms with van der Waals surface area (Å²) in [5.41, 5.74) is 5.51. The fourth-order valence-corrected chi connectivity index (χ4v) is 6.35. The fourth-order valence-electron chi connectivity index (χ4n) is 6.35. The lowest BCUT2D eigenvalue weighted by atomic mass is 9.76. The first-order chi connectivity index (χ1) is 17.5. The maximum absolute atomic E-state index is 13.5. The molecule has 1 amide bonds. The second kappa shape index (κ2) is 8.95. The number of rotatable bonds is 4. The highest BCUT2D eigenvalue weighted by Gasteiger charge is 2.50. The van der Waals surface area contributed by atoms with Crippen molar-refractivity contribution in [1.29, 1.82) is 0 Å². The Labute approximate surface area is 211 Å². The van der Waals surface area contributed by atoms with Crippen LogP contribution in [0, 0.1) is 6.92 Å². The van der Waals surface area contributed by atoms with Crippen molar-refractivity contribution in [3.05, 3.63) is 89.0 Å². The number of piperidine rings is 1. The molecule has 2 atom stereocenters. The van der Waals surface area contributed by atoms with Gasteiger partial charge in [-0.2, -0.15) is 0 Å². The first-order valence-corrected chi connectivity index (χ1v) is 12.6.